The van der Waals surface area contributed by atoms with Crippen molar-refractivity contribution in [1.29, 1.82) is 0 Å². The monoisotopic (exact) mass is 321 g/mol. The summed E-state index contributed by atoms with van der Waals surface area (Å²) in [6.07, 6.45) is 0.363. The zero-order valence-corrected chi connectivity index (χ0v) is 12.7. The number of aromatic amines is 1. The van der Waals surface area contributed by atoms with Crippen LogP contribution in [-0.2, 0) is 9.84 Å². The minimum Gasteiger partial charge on any atom is -0.344 e. The van der Waals surface area contributed by atoms with Crippen molar-refractivity contribution >= 4 is 26.5 Å². The molecule has 1 atom stereocenters. The van der Waals surface area contributed by atoms with Gasteiger partial charge in [0.2, 0.25) is 0 Å². The zero-order valence-electron chi connectivity index (χ0n) is 11.9. The van der Waals surface area contributed by atoms with E-state index in [4.69, 9.17) is 0 Å². The van der Waals surface area contributed by atoms with E-state index in [1.807, 2.05) is 0 Å². The normalized spacial score (nSPS) is 23.5. The molecule has 1 unspecified atom stereocenters. The minimum atomic E-state index is -3.12. The molecule has 0 bridgehead atoms. The second-order valence-electron chi connectivity index (χ2n) is 5.80. The topological polar surface area (TPSA) is 109 Å². The average molecular weight is 321 g/mol. The van der Waals surface area contributed by atoms with Crippen LogP contribution in [-0.4, -0.2) is 41.6 Å². The smallest absolute Gasteiger partial charge is 0.272 e. The molecule has 0 saturated carbocycles. The van der Waals surface area contributed by atoms with Crippen LogP contribution in [0.4, 0.5) is 0 Å². The Bertz CT molecular complexity index is 919. The molecule has 1 fully saturated rings. The van der Waals surface area contributed by atoms with Crippen LogP contribution < -0.4 is 10.9 Å². The van der Waals surface area contributed by atoms with Gasteiger partial charge in [-0.25, -0.2) is 13.5 Å². The van der Waals surface area contributed by atoms with E-state index in [1.165, 1.54) is 0 Å². The molecule has 3 rings (SSSR count). The molecule has 7 nitrogen and oxygen atoms in total. The van der Waals surface area contributed by atoms with E-state index in [1.54, 1.807) is 31.2 Å². The van der Waals surface area contributed by atoms with Crippen LogP contribution in [0.5, 0.6) is 0 Å². The molecule has 2 N–H and O–H groups in total. The van der Waals surface area contributed by atoms with Crippen molar-refractivity contribution in [3.05, 3.63) is 40.3 Å². The van der Waals surface area contributed by atoms with E-state index < -0.39 is 21.3 Å². The van der Waals surface area contributed by atoms with Gasteiger partial charge < -0.3 is 5.32 Å². The fourth-order valence-electron chi connectivity index (χ4n) is 2.73. The van der Waals surface area contributed by atoms with Crippen LogP contribution in [0, 0.1) is 0 Å². The van der Waals surface area contributed by atoms with Gasteiger partial charge in [-0.1, -0.05) is 18.2 Å². The molecule has 1 amide bonds. The molecule has 1 aromatic heterocycles. The number of rotatable bonds is 2. The van der Waals surface area contributed by atoms with Gasteiger partial charge in [-0.2, -0.15) is 5.10 Å². The van der Waals surface area contributed by atoms with Gasteiger partial charge in [0.25, 0.3) is 11.5 Å². The Morgan fingerprint density at radius 3 is 2.64 bits per heavy atom. The molecular formula is C14H15N3O4S. The molecule has 116 valence electrons. The first-order valence-corrected chi connectivity index (χ1v) is 8.62. The second kappa shape index (κ2) is 4.91. The highest BCUT2D eigenvalue weighted by molar-refractivity contribution is 7.91. The van der Waals surface area contributed by atoms with Gasteiger partial charge in [0.1, 0.15) is 0 Å². The van der Waals surface area contributed by atoms with Crippen LogP contribution in [0.25, 0.3) is 10.8 Å². The number of nitrogens with zero attached hydrogens (tertiary/aromatic N) is 1. The molecule has 0 radical (unpaired) electrons. The van der Waals surface area contributed by atoms with Gasteiger partial charge >= 0.3 is 0 Å². The fourth-order valence-corrected chi connectivity index (χ4v) is 4.82. The number of amides is 1. The number of aromatic nitrogens is 2. The Morgan fingerprint density at radius 2 is 2.00 bits per heavy atom. The third-order valence-electron chi connectivity index (χ3n) is 3.83. The molecule has 1 saturated heterocycles. The van der Waals surface area contributed by atoms with E-state index in [2.05, 4.69) is 15.5 Å². The molecule has 8 heteroatoms. The number of H-pyrrole nitrogens is 1. The van der Waals surface area contributed by atoms with E-state index in [0.717, 1.165) is 0 Å². The van der Waals surface area contributed by atoms with Crippen molar-refractivity contribution in [1.82, 2.24) is 15.5 Å². The van der Waals surface area contributed by atoms with Crippen molar-refractivity contribution in [2.75, 3.05) is 11.5 Å². The first kappa shape index (κ1) is 14.7. The Balaban J connectivity index is 1.97. The van der Waals surface area contributed by atoms with E-state index in [-0.39, 0.29) is 22.8 Å². The number of benzene rings is 1. The molecule has 0 spiro atoms. The van der Waals surface area contributed by atoms with Gasteiger partial charge in [0.15, 0.2) is 15.5 Å². The summed E-state index contributed by atoms with van der Waals surface area (Å²) in [6.45, 7) is 1.70. The molecule has 22 heavy (non-hydrogen) atoms. The number of fused-ring (bicyclic) bond motifs is 1. The summed E-state index contributed by atoms with van der Waals surface area (Å²) >= 11 is 0. The molecular weight excluding hydrogens is 306 g/mol. The SMILES string of the molecule is CC1(NC(=O)c2n[nH]c(=O)c3ccccc23)CCS(=O)(=O)C1. The fraction of sp³-hybridized carbons (Fsp3) is 0.357. The van der Waals surface area contributed by atoms with Crippen LogP contribution in [0.1, 0.15) is 23.8 Å². The van der Waals surface area contributed by atoms with E-state index in [0.29, 0.717) is 17.2 Å². The van der Waals surface area contributed by atoms with Crippen LogP contribution >= 0.6 is 0 Å². The molecule has 2 heterocycles. The maximum Gasteiger partial charge on any atom is 0.272 e. The Morgan fingerprint density at radius 1 is 1.32 bits per heavy atom. The maximum atomic E-state index is 12.5. The number of nitrogens with one attached hydrogen (secondary N) is 2. The van der Waals surface area contributed by atoms with Gasteiger partial charge in [-0.15, -0.1) is 0 Å². The lowest BCUT2D eigenvalue weighted by atomic mass is 10.0. The lowest BCUT2D eigenvalue weighted by molar-refractivity contribution is 0.0911. The van der Waals surface area contributed by atoms with Gasteiger partial charge in [0, 0.05) is 5.39 Å². The largest absolute Gasteiger partial charge is 0.344 e. The first-order chi connectivity index (χ1) is 10.3. The molecule has 1 aromatic carbocycles. The second-order valence-corrected chi connectivity index (χ2v) is 7.99. The highest BCUT2D eigenvalue weighted by atomic mass is 32.2. The maximum absolute atomic E-state index is 12.5. The van der Waals surface area contributed by atoms with Crippen molar-refractivity contribution < 1.29 is 13.2 Å². The number of hydrogen-bond acceptors (Lipinski definition) is 5. The number of sulfone groups is 1. The minimum absolute atomic E-state index is 0.0591. The molecule has 2 aromatic rings. The highest BCUT2D eigenvalue weighted by Crippen LogP contribution is 2.23. The van der Waals surface area contributed by atoms with Crippen LogP contribution in [0.2, 0.25) is 0 Å². The van der Waals surface area contributed by atoms with Crippen LogP contribution in [0.3, 0.4) is 0 Å². The average Bonchev–Trinajstić information content (AvgIpc) is 2.73. The summed E-state index contributed by atoms with van der Waals surface area (Å²) in [7, 11) is -3.12. The van der Waals surface area contributed by atoms with Gasteiger partial charge in [-0.3, -0.25) is 9.59 Å². The lowest BCUT2D eigenvalue weighted by Gasteiger charge is -2.23. The predicted octanol–water partition coefficient (Wildman–Crippen LogP) is 0.230. The summed E-state index contributed by atoms with van der Waals surface area (Å²) in [5.41, 5.74) is -1.10. The van der Waals surface area contributed by atoms with Crippen molar-refractivity contribution in [2.45, 2.75) is 18.9 Å². The Labute approximate surface area is 126 Å². The van der Waals surface area contributed by atoms with Crippen molar-refractivity contribution in [3.8, 4) is 0 Å². The number of carbonyl (C=O) groups excluding carboxylic acids is 1. The lowest BCUT2D eigenvalue weighted by Crippen LogP contribution is -2.47. The highest BCUT2D eigenvalue weighted by Gasteiger charge is 2.40. The summed E-state index contributed by atoms with van der Waals surface area (Å²) in [5, 5.41) is 9.65. The molecule has 0 aliphatic carbocycles. The predicted molar refractivity (Wildman–Crippen MR) is 81.5 cm³/mol. The molecule has 1 aliphatic heterocycles. The van der Waals surface area contributed by atoms with E-state index >= 15 is 0 Å². The molecule has 1 aliphatic rings. The van der Waals surface area contributed by atoms with E-state index in [9.17, 15) is 18.0 Å². The summed E-state index contributed by atoms with van der Waals surface area (Å²) < 4.78 is 23.2. The van der Waals surface area contributed by atoms with Gasteiger partial charge in [-0.05, 0) is 19.4 Å². The van der Waals surface area contributed by atoms with Gasteiger partial charge in [0.05, 0.1) is 22.4 Å². The number of carbonyl (C=O) groups is 1. The van der Waals surface area contributed by atoms with Crippen molar-refractivity contribution in [2.24, 2.45) is 0 Å². The third kappa shape index (κ3) is 2.61. The third-order valence-corrected chi connectivity index (χ3v) is 5.73. The first-order valence-electron chi connectivity index (χ1n) is 6.80. The Hall–Kier alpha value is -2.22. The van der Waals surface area contributed by atoms with Crippen molar-refractivity contribution in [3.63, 3.8) is 0 Å². The number of hydrogen-bond donors (Lipinski definition) is 2. The standard InChI is InChI=1S/C14H15N3O4S/c1-14(6-7-22(20,21)8-14)15-13(19)11-9-4-2-3-5-10(9)12(18)17-16-11/h2-5H,6-8H2,1H3,(H,15,19)(H,17,18). The summed E-state index contributed by atoms with van der Waals surface area (Å²) in [4.78, 5) is 24.2. The zero-order chi connectivity index (χ0) is 16.0. The summed E-state index contributed by atoms with van der Waals surface area (Å²) in [5.74, 6) is -0.525. The quantitative estimate of drug-likeness (QED) is 0.823. The summed E-state index contributed by atoms with van der Waals surface area (Å²) in [6, 6.07) is 6.65. The Kier molecular flexibility index (Phi) is 3.28. The van der Waals surface area contributed by atoms with Crippen LogP contribution in [0.15, 0.2) is 29.1 Å².